The maximum atomic E-state index is 11.7. The van der Waals surface area contributed by atoms with Gasteiger partial charge in [0.15, 0.2) is 6.10 Å². The Labute approximate surface area is 200 Å². The van der Waals surface area contributed by atoms with Crippen LogP contribution < -0.4 is 10.1 Å². The molecule has 172 valence electrons. The maximum absolute atomic E-state index is 11.7. The number of aryl methyl sites for hydroxylation is 2. The Hall–Kier alpha value is -3.05. The monoisotopic (exact) mass is 464 g/mol. The molecule has 1 unspecified atom stereocenters. The maximum Gasteiger partial charge on any atom is 0.407 e. The van der Waals surface area contributed by atoms with Gasteiger partial charge < -0.3 is 14.8 Å². The number of aromatic nitrogens is 1. The molecule has 5 nitrogen and oxygen atoms in total. The number of carbonyl (C=O) groups excluding carboxylic acids is 1. The fraction of sp³-hybridized carbons (Fsp3) is 0.333. The zero-order valence-electron chi connectivity index (χ0n) is 19.7. The minimum absolute atomic E-state index is 0.0587. The van der Waals surface area contributed by atoms with Crippen molar-refractivity contribution in [2.75, 3.05) is 6.54 Å². The van der Waals surface area contributed by atoms with Crippen molar-refractivity contribution in [1.82, 2.24) is 10.3 Å². The second-order valence-electron chi connectivity index (χ2n) is 9.45. The number of hydrogen-bond acceptors (Lipinski definition) is 4. The highest BCUT2D eigenvalue weighted by molar-refractivity contribution is 6.31. The Morgan fingerprint density at radius 3 is 2.52 bits per heavy atom. The van der Waals surface area contributed by atoms with Crippen molar-refractivity contribution in [2.45, 2.75) is 52.7 Å². The van der Waals surface area contributed by atoms with Crippen molar-refractivity contribution < 1.29 is 14.3 Å². The number of benzene rings is 2. The van der Waals surface area contributed by atoms with E-state index < -0.39 is 12.2 Å². The smallest absolute Gasteiger partial charge is 0.407 e. The summed E-state index contributed by atoms with van der Waals surface area (Å²) in [6.07, 6.45) is -0.879. The molecule has 1 atom stereocenters. The lowest BCUT2D eigenvalue weighted by Crippen LogP contribution is -2.14. The number of pyridine rings is 1. The van der Waals surface area contributed by atoms with Crippen molar-refractivity contribution in [3.63, 3.8) is 0 Å². The van der Waals surface area contributed by atoms with Gasteiger partial charge in [-0.1, -0.05) is 68.8 Å². The number of halogens is 1. The van der Waals surface area contributed by atoms with Crippen LogP contribution in [0, 0.1) is 13.8 Å². The summed E-state index contributed by atoms with van der Waals surface area (Å²) in [5.41, 5.74) is 6.45. The van der Waals surface area contributed by atoms with Crippen molar-refractivity contribution >= 4 is 17.7 Å². The van der Waals surface area contributed by atoms with Crippen molar-refractivity contribution in [3.8, 4) is 17.0 Å². The number of alkyl carbamates (subject to hydrolysis) is 1. The first kappa shape index (κ1) is 23.1. The van der Waals surface area contributed by atoms with E-state index in [1.165, 1.54) is 0 Å². The standard InChI is InChI=1S/C27H29ClN2O3/c1-16-11-20(27(3,4)5)21(28)12-19(16)22-13-23(32-15-18-9-7-6-8-10-18)25(17(2)30-22)24-14-29-26(31)33-24/h6-13,24H,14-15H2,1-5H3,(H,29,31). The second kappa shape index (κ2) is 9.06. The summed E-state index contributed by atoms with van der Waals surface area (Å²) in [6.45, 7) is 11.2. The molecule has 0 radical (unpaired) electrons. The summed E-state index contributed by atoms with van der Waals surface area (Å²) >= 11 is 6.68. The van der Waals surface area contributed by atoms with Crippen LogP contribution in [0.3, 0.4) is 0 Å². The third-order valence-corrected chi connectivity index (χ3v) is 6.16. The van der Waals surface area contributed by atoms with E-state index in [0.717, 1.165) is 39.2 Å². The number of nitrogens with zero attached hydrogens (tertiary/aromatic N) is 1. The molecule has 0 saturated carbocycles. The molecule has 33 heavy (non-hydrogen) atoms. The molecule has 1 N–H and O–H groups in total. The summed E-state index contributed by atoms with van der Waals surface area (Å²) < 4.78 is 11.7. The van der Waals surface area contributed by atoms with Crippen LogP contribution in [0.2, 0.25) is 5.02 Å². The van der Waals surface area contributed by atoms with Gasteiger partial charge in [0.25, 0.3) is 0 Å². The molecule has 1 aliphatic rings. The normalized spacial score (nSPS) is 15.8. The lowest BCUT2D eigenvalue weighted by molar-refractivity contribution is 0.138. The summed E-state index contributed by atoms with van der Waals surface area (Å²) in [5, 5.41) is 3.43. The van der Waals surface area contributed by atoms with Crippen molar-refractivity contribution in [1.29, 1.82) is 0 Å². The molecular formula is C27H29ClN2O3. The van der Waals surface area contributed by atoms with Gasteiger partial charge in [0, 0.05) is 22.3 Å². The highest BCUT2D eigenvalue weighted by atomic mass is 35.5. The molecule has 0 bridgehead atoms. The van der Waals surface area contributed by atoms with Gasteiger partial charge in [-0.15, -0.1) is 0 Å². The zero-order valence-corrected chi connectivity index (χ0v) is 20.4. The van der Waals surface area contributed by atoms with Crippen LogP contribution in [0.5, 0.6) is 5.75 Å². The molecule has 1 aliphatic heterocycles. The first-order valence-electron chi connectivity index (χ1n) is 11.1. The van der Waals surface area contributed by atoms with Crippen LogP contribution in [0.1, 0.15) is 54.8 Å². The number of rotatable bonds is 5. The van der Waals surface area contributed by atoms with Crippen LogP contribution in [0.15, 0.2) is 48.5 Å². The number of carbonyl (C=O) groups is 1. The largest absolute Gasteiger partial charge is 0.488 e. The van der Waals surface area contributed by atoms with E-state index in [1.807, 2.05) is 49.4 Å². The third-order valence-electron chi connectivity index (χ3n) is 5.85. The number of cyclic esters (lactones) is 1. The number of hydrogen-bond donors (Lipinski definition) is 1. The summed E-state index contributed by atoms with van der Waals surface area (Å²) in [7, 11) is 0. The van der Waals surface area contributed by atoms with Gasteiger partial charge in [0.2, 0.25) is 0 Å². The Balaban J connectivity index is 1.78. The van der Waals surface area contributed by atoms with E-state index in [4.69, 9.17) is 26.1 Å². The molecule has 2 aromatic carbocycles. The van der Waals surface area contributed by atoms with Crippen molar-refractivity contribution in [3.05, 3.63) is 81.5 Å². The van der Waals surface area contributed by atoms with Gasteiger partial charge >= 0.3 is 6.09 Å². The number of amides is 1. The minimum atomic E-state index is -0.447. The first-order chi connectivity index (χ1) is 15.6. The Bertz CT molecular complexity index is 1190. The number of nitrogens with one attached hydrogen (secondary N) is 1. The minimum Gasteiger partial charge on any atom is -0.488 e. The quantitative estimate of drug-likeness (QED) is 0.457. The second-order valence-corrected chi connectivity index (χ2v) is 9.86. The molecule has 6 heteroatoms. The van der Waals surface area contributed by atoms with E-state index in [9.17, 15) is 4.79 Å². The highest BCUT2D eigenvalue weighted by Crippen LogP contribution is 2.39. The molecule has 2 heterocycles. The van der Waals surface area contributed by atoms with E-state index in [-0.39, 0.29) is 5.41 Å². The topological polar surface area (TPSA) is 60.5 Å². The summed E-state index contributed by atoms with van der Waals surface area (Å²) in [4.78, 5) is 16.6. The van der Waals surface area contributed by atoms with Gasteiger partial charge in [-0.3, -0.25) is 4.98 Å². The van der Waals surface area contributed by atoms with Gasteiger partial charge in [-0.2, -0.15) is 0 Å². The molecular weight excluding hydrogens is 436 g/mol. The third kappa shape index (κ3) is 4.98. The van der Waals surface area contributed by atoms with Crippen molar-refractivity contribution in [2.24, 2.45) is 0 Å². The van der Waals surface area contributed by atoms with Crippen LogP contribution in [-0.2, 0) is 16.8 Å². The summed E-state index contributed by atoms with van der Waals surface area (Å²) in [5.74, 6) is 0.651. The fourth-order valence-electron chi connectivity index (χ4n) is 4.12. The molecule has 4 rings (SSSR count). The van der Waals surface area contributed by atoms with Gasteiger partial charge in [-0.05, 0) is 42.0 Å². The Kier molecular flexibility index (Phi) is 6.35. The van der Waals surface area contributed by atoms with Crippen LogP contribution in [0.4, 0.5) is 4.79 Å². The van der Waals surface area contributed by atoms with Crippen LogP contribution in [-0.4, -0.2) is 17.6 Å². The molecule has 0 aliphatic carbocycles. The lowest BCUT2D eigenvalue weighted by Gasteiger charge is -2.23. The molecule has 1 aromatic heterocycles. The highest BCUT2D eigenvalue weighted by Gasteiger charge is 2.30. The molecule has 1 saturated heterocycles. The Morgan fingerprint density at radius 2 is 1.88 bits per heavy atom. The van der Waals surface area contributed by atoms with Gasteiger partial charge in [-0.25, -0.2) is 4.79 Å². The van der Waals surface area contributed by atoms with Gasteiger partial charge in [0.1, 0.15) is 12.4 Å². The zero-order chi connectivity index (χ0) is 23.8. The summed E-state index contributed by atoms with van der Waals surface area (Å²) in [6, 6.07) is 16.0. The number of ether oxygens (including phenoxy) is 2. The lowest BCUT2D eigenvalue weighted by atomic mass is 9.85. The van der Waals surface area contributed by atoms with Crippen LogP contribution in [0.25, 0.3) is 11.3 Å². The van der Waals surface area contributed by atoms with E-state index >= 15 is 0 Å². The van der Waals surface area contributed by atoms with Crippen LogP contribution >= 0.6 is 11.6 Å². The van der Waals surface area contributed by atoms with E-state index in [0.29, 0.717) is 23.9 Å². The first-order valence-corrected chi connectivity index (χ1v) is 11.4. The average molecular weight is 465 g/mol. The predicted molar refractivity (Wildman–Crippen MR) is 131 cm³/mol. The Morgan fingerprint density at radius 1 is 1.15 bits per heavy atom. The van der Waals surface area contributed by atoms with E-state index in [2.05, 4.69) is 39.1 Å². The van der Waals surface area contributed by atoms with Gasteiger partial charge in [0.05, 0.1) is 17.8 Å². The SMILES string of the molecule is Cc1cc(C(C)(C)C)c(Cl)cc1-c1cc(OCc2ccccc2)c(C2CNC(=O)O2)c(C)n1. The average Bonchev–Trinajstić information content (AvgIpc) is 3.18. The predicted octanol–water partition coefficient (Wildman–Crippen LogP) is 6.68. The molecule has 1 amide bonds. The molecule has 0 spiro atoms. The van der Waals surface area contributed by atoms with E-state index in [1.54, 1.807) is 0 Å². The molecule has 3 aromatic rings. The molecule has 1 fully saturated rings. The fourth-order valence-corrected chi connectivity index (χ4v) is 4.57.